The lowest BCUT2D eigenvalue weighted by molar-refractivity contribution is 0.0938. The van der Waals surface area contributed by atoms with E-state index in [0.29, 0.717) is 23.0 Å². The van der Waals surface area contributed by atoms with E-state index in [9.17, 15) is 9.18 Å². The number of rotatable bonds is 8. The molecule has 0 spiro atoms. The average Bonchev–Trinajstić information content (AvgIpc) is 2.81. The first-order chi connectivity index (χ1) is 15.0. The quantitative estimate of drug-likeness (QED) is 0.580. The molecule has 3 aromatic carbocycles. The summed E-state index contributed by atoms with van der Waals surface area (Å²) in [6.07, 6.45) is 0. The fourth-order valence-corrected chi connectivity index (χ4v) is 3.28. The summed E-state index contributed by atoms with van der Waals surface area (Å²) in [5.41, 5.74) is 1.39. The first-order valence-electron chi connectivity index (χ1n) is 9.51. The first kappa shape index (κ1) is 22.0. The van der Waals surface area contributed by atoms with E-state index in [0.717, 1.165) is 11.1 Å². The van der Waals surface area contributed by atoms with Crippen molar-refractivity contribution in [2.45, 2.75) is 6.04 Å². The summed E-state index contributed by atoms with van der Waals surface area (Å²) in [6.45, 7) is 0. The second kappa shape index (κ2) is 9.84. The van der Waals surface area contributed by atoms with Crippen LogP contribution in [0.3, 0.4) is 0 Å². The zero-order chi connectivity index (χ0) is 22.4. The number of hydrogen-bond donors (Lipinski definition) is 1. The van der Waals surface area contributed by atoms with Crippen LogP contribution in [0.4, 0.5) is 4.39 Å². The standard InChI is InChI=1S/C24H24FNO5/c1-28-19-11-9-15(13-21(19)30-3)23(16-10-12-20(29-2)22(14-16)31-4)26-24(27)17-7-5-6-8-18(17)25/h5-14,23H,1-4H3,(H,26,27). The van der Waals surface area contributed by atoms with Crippen LogP contribution in [0.25, 0.3) is 0 Å². The number of ether oxygens (including phenoxy) is 4. The van der Waals surface area contributed by atoms with Crippen LogP contribution in [0.2, 0.25) is 0 Å². The van der Waals surface area contributed by atoms with Gasteiger partial charge in [0, 0.05) is 0 Å². The fraction of sp³-hybridized carbons (Fsp3) is 0.208. The normalized spacial score (nSPS) is 10.5. The van der Waals surface area contributed by atoms with Crippen LogP contribution >= 0.6 is 0 Å². The minimum Gasteiger partial charge on any atom is -0.493 e. The number of halogens is 1. The molecule has 0 heterocycles. The Morgan fingerprint density at radius 1 is 0.742 bits per heavy atom. The van der Waals surface area contributed by atoms with Gasteiger partial charge in [-0.05, 0) is 47.5 Å². The SMILES string of the molecule is COc1ccc(C(NC(=O)c2ccccc2F)c2ccc(OC)c(OC)c2)cc1OC. The van der Waals surface area contributed by atoms with Gasteiger partial charge in [-0.2, -0.15) is 0 Å². The van der Waals surface area contributed by atoms with Crippen molar-refractivity contribution in [3.05, 3.63) is 83.2 Å². The molecule has 0 bridgehead atoms. The fourth-order valence-electron chi connectivity index (χ4n) is 3.28. The molecule has 0 aliphatic carbocycles. The maximum absolute atomic E-state index is 14.2. The molecule has 31 heavy (non-hydrogen) atoms. The molecular weight excluding hydrogens is 401 g/mol. The molecular formula is C24H24FNO5. The molecule has 0 saturated carbocycles. The summed E-state index contributed by atoms with van der Waals surface area (Å²) in [5, 5.41) is 2.91. The molecule has 0 radical (unpaired) electrons. The lowest BCUT2D eigenvalue weighted by Crippen LogP contribution is -2.30. The van der Waals surface area contributed by atoms with E-state index in [1.54, 1.807) is 44.6 Å². The van der Waals surface area contributed by atoms with Crippen LogP contribution in [-0.4, -0.2) is 34.3 Å². The van der Waals surface area contributed by atoms with Crippen LogP contribution < -0.4 is 24.3 Å². The molecule has 0 fully saturated rings. The molecule has 1 amide bonds. The van der Waals surface area contributed by atoms with Gasteiger partial charge >= 0.3 is 0 Å². The van der Waals surface area contributed by atoms with E-state index >= 15 is 0 Å². The van der Waals surface area contributed by atoms with Crippen LogP contribution in [0, 0.1) is 5.82 Å². The summed E-state index contributed by atoms with van der Waals surface area (Å²) in [6, 6.07) is 15.9. The Kier molecular flexibility index (Phi) is 6.97. The highest BCUT2D eigenvalue weighted by Crippen LogP contribution is 2.35. The largest absolute Gasteiger partial charge is 0.493 e. The van der Waals surface area contributed by atoms with Gasteiger partial charge in [-0.15, -0.1) is 0 Å². The highest BCUT2D eigenvalue weighted by molar-refractivity contribution is 5.95. The molecule has 0 unspecified atom stereocenters. The van der Waals surface area contributed by atoms with Crippen LogP contribution in [-0.2, 0) is 0 Å². The van der Waals surface area contributed by atoms with Crippen molar-refractivity contribution in [3.8, 4) is 23.0 Å². The van der Waals surface area contributed by atoms with Crippen molar-refractivity contribution in [2.75, 3.05) is 28.4 Å². The number of hydrogen-bond acceptors (Lipinski definition) is 5. The summed E-state index contributed by atoms with van der Waals surface area (Å²) in [5.74, 6) is 0.970. The monoisotopic (exact) mass is 425 g/mol. The van der Waals surface area contributed by atoms with E-state index in [-0.39, 0.29) is 5.56 Å². The van der Waals surface area contributed by atoms with Crippen molar-refractivity contribution in [1.82, 2.24) is 5.32 Å². The lowest BCUT2D eigenvalue weighted by atomic mass is 9.97. The second-order valence-corrected chi connectivity index (χ2v) is 6.62. The Labute approximate surface area is 180 Å². The summed E-state index contributed by atoms with van der Waals surface area (Å²) in [7, 11) is 6.16. The van der Waals surface area contributed by atoms with E-state index in [1.165, 1.54) is 32.4 Å². The van der Waals surface area contributed by atoms with Crippen molar-refractivity contribution < 1.29 is 28.1 Å². The molecule has 7 heteroatoms. The summed E-state index contributed by atoms with van der Waals surface area (Å²) < 4.78 is 35.6. The first-order valence-corrected chi connectivity index (χ1v) is 9.51. The minimum absolute atomic E-state index is 0.0477. The zero-order valence-electron chi connectivity index (χ0n) is 17.8. The second-order valence-electron chi connectivity index (χ2n) is 6.62. The van der Waals surface area contributed by atoms with Crippen LogP contribution in [0.5, 0.6) is 23.0 Å². The van der Waals surface area contributed by atoms with E-state index < -0.39 is 17.8 Å². The minimum atomic E-state index is -0.619. The molecule has 3 aromatic rings. The third-order valence-electron chi connectivity index (χ3n) is 4.88. The third kappa shape index (κ3) is 4.71. The maximum Gasteiger partial charge on any atom is 0.255 e. The van der Waals surface area contributed by atoms with Gasteiger partial charge in [0.05, 0.1) is 40.0 Å². The maximum atomic E-state index is 14.2. The number of methoxy groups -OCH3 is 4. The number of nitrogens with one attached hydrogen (secondary N) is 1. The Morgan fingerprint density at radius 3 is 1.68 bits per heavy atom. The Hall–Kier alpha value is -3.74. The molecule has 3 rings (SSSR count). The third-order valence-corrected chi connectivity index (χ3v) is 4.88. The molecule has 1 N–H and O–H groups in total. The highest BCUT2D eigenvalue weighted by atomic mass is 19.1. The van der Waals surface area contributed by atoms with E-state index in [4.69, 9.17) is 18.9 Å². The molecule has 162 valence electrons. The predicted octanol–water partition coefficient (Wildman–Crippen LogP) is 4.38. The smallest absolute Gasteiger partial charge is 0.255 e. The molecule has 6 nitrogen and oxygen atoms in total. The molecule has 0 aromatic heterocycles. The molecule has 0 saturated heterocycles. The van der Waals surface area contributed by atoms with Gasteiger partial charge in [0.2, 0.25) is 0 Å². The summed E-state index contributed by atoms with van der Waals surface area (Å²) in [4.78, 5) is 12.9. The number of amides is 1. The Balaban J connectivity index is 2.08. The van der Waals surface area contributed by atoms with Gasteiger partial charge in [0.1, 0.15) is 5.82 Å². The molecule has 0 aliphatic heterocycles. The predicted molar refractivity (Wildman–Crippen MR) is 115 cm³/mol. The van der Waals surface area contributed by atoms with Crippen molar-refractivity contribution in [2.24, 2.45) is 0 Å². The van der Waals surface area contributed by atoms with Gasteiger partial charge in [-0.1, -0.05) is 24.3 Å². The summed E-state index contributed by atoms with van der Waals surface area (Å²) >= 11 is 0. The van der Waals surface area contributed by atoms with Gasteiger partial charge < -0.3 is 24.3 Å². The van der Waals surface area contributed by atoms with Gasteiger partial charge in [-0.25, -0.2) is 4.39 Å². The lowest BCUT2D eigenvalue weighted by Gasteiger charge is -2.22. The average molecular weight is 425 g/mol. The zero-order valence-corrected chi connectivity index (χ0v) is 17.8. The topological polar surface area (TPSA) is 66.0 Å². The van der Waals surface area contributed by atoms with Gasteiger partial charge in [0.25, 0.3) is 5.91 Å². The van der Waals surface area contributed by atoms with Gasteiger partial charge in [-0.3, -0.25) is 4.79 Å². The Bertz CT molecular complexity index is 1010. The highest BCUT2D eigenvalue weighted by Gasteiger charge is 2.22. The Morgan fingerprint density at radius 2 is 1.23 bits per heavy atom. The van der Waals surface area contributed by atoms with Crippen molar-refractivity contribution in [1.29, 1.82) is 0 Å². The van der Waals surface area contributed by atoms with Crippen molar-refractivity contribution >= 4 is 5.91 Å². The van der Waals surface area contributed by atoms with Crippen LogP contribution in [0.15, 0.2) is 60.7 Å². The number of carbonyl (C=O) groups excluding carboxylic acids is 1. The molecule has 0 aliphatic rings. The van der Waals surface area contributed by atoms with E-state index in [1.807, 2.05) is 12.1 Å². The molecule has 0 atom stereocenters. The van der Waals surface area contributed by atoms with Crippen molar-refractivity contribution in [3.63, 3.8) is 0 Å². The number of benzene rings is 3. The van der Waals surface area contributed by atoms with Crippen LogP contribution in [0.1, 0.15) is 27.5 Å². The van der Waals surface area contributed by atoms with Gasteiger partial charge in [0.15, 0.2) is 23.0 Å². The number of carbonyl (C=O) groups is 1. The van der Waals surface area contributed by atoms with E-state index in [2.05, 4.69) is 5.32 Å².